The minimum Gasteiger partial charge on any atom is -0.355 e. The lowest BCUT2D eigenvalue weighted by Crippen LogP contribution is -2.55. The van der Waals surface area contributed by atoms with E-state index in [1.807, 2.05) is 0 Å². The van der Waals surface area contributed by atoms with Crippen molar-refractivity contribution in [1.82, 2.24) is 10.3 Å². The molecule has 1 aliphatic carbocycles. The number of rotatable bonds is 3. The van der Waals surface area contributed by atoms with Gasteiger partial charge in [0.25, 0.3) is 11.8 Å². The number of benzene rings is 1. The first-order valence-corrected chi connectivity index (χ1v) is 10.6. The van der Waals surface area contributed by atoms with Gasteiger partial charge in [-0.25, -0.2) is 4.39 Å². The van der Waals surface area contributed by atoms with Crippen LogP contribution in [-0.2, 0) is 11.0 Å². The highest BCUT2D eigenvalue weighted by molar-refractivity contribution is 7.81. The molecule has 174 valence electrons. The average Bonchev–Trinajstić information content (AvgIpc) is 2.99. The Hall–Kier alpha value is -3.46. The van der Waals surface area contributed by atoms with E-state index in [-0.39, 0.29) is 29.2 Å². The summed E-state index contributed by atoms with van der Waals surface area (Å²) in [6, 6.07) is 4.91. The molecular weight excluding hydrogens is 484 g/mol. The predicted molar refractivity (Wildman–Crippen MR) is 124 cm³/mol. The van der Waals surface area contributed by atoms with Crippen LogP contribution in [0.5, 0.6) is 0 Å². The number of nitriles is 1. The number of hydrogen-bond donors (Lipinski definition) is 1. The minimum atomic E-state index is -5.07. The van der Waals surface area contributed by atoms with Crippen LogP contribution in [0.3, 0.4) is 0 Å². The second-order valence-electron chi connectivity index (χ2n) is 7.98. The molecule has 1 aromatic heterocycles. The lowest BCUT2D eigenvalue weighted by molar-refractivity contribution is -0.137. The van der Waals surface area contributed by atoms with E-state index in [4.69, 9.17) is 33.2 Å². The van der Waals surface area contributed by atoms with Crippen molar-refractivity contribution >= 4 is 67.3 Å². The molecule has 2 heterocycles. The number of carbonyl (C=O) groups excluding carboxylic acids is 2. The van der Waals surface area contributed by atoms with E-state index < -0.39 is 57.3 Å². The van der Waals surface area contributed by atoms with E-state index in [0.717, 1.165) is 11.0 Å². The molecule has 1 N–H and O–H groups in total. The number of nitrogens with one attached hydrogen (secondary N) is 1. The van der Waals surface area contributed by atoms with Crippen molar-refractivity contribution in [2.75, 3.05) is 16.8 Å². The first kappa shape index (κ1) is 24.7. The lowest BCUT2D eigenvalue weighted by atomic mass is 9.75. The summed E-state index contributed by atoms with van der Waals surface area (Å²) in [7, 11) is 13.0. The molecule has 7 nitrogen and oxygen atoms in total. The van der Waals surface area contributed by atoms with Gasteiger partial charge < -0.3 is 10.2 Å². The fraction of sp³-hybridized carbons (Fsp3) is 0.286. The molecule has 2 amide bonds. The fourth-order valence-electron chi connectivity index (χ4n) is 4.36. The molecule has 1 aromatic carbocycles. The van der Waals surface area contributed by atoms with Gasteiger partial charge in [-0.1, -0.05) is 5.46 Å². The Balaban J connectivity index is 1.89. The Morgan fingerprint density at radius 1 is 1.31 bits per heavy atom. The number of thiocarbonyl (C=S) groups is 1. The smallest absolute Gasteiger partial charge is 0.355 e. The van der Waals surface area contributed by atoms with Gasteiger partial charge >= 0.3 is 6.18 Å². The highest BCUT2D eigenvalue weighted by Crippen LogP contribution is 2.47. The lowest BCUT2D eigenvalue weighted by Gasteiger charge is -2.43. The highest BCUT2D eigenvalue weighted by Gasteiger charge is 2.60. The van der Waals surface area contributed by atoms with Crippen molar-refractivity contribution in [3.8, 4) is 6.07 Å². The Morgan fingerprint density at radius 3 is 2.46 bits per heavy atom. The molecule has 0 unspecified atom stereocenters. The maximum Gasteiger partial charge on any atom is 0.418 e. The van der Waals surface area contributed by atoms with Crippen LogP contribution in [-0.4, -0.2) is 50.2 Å². The molecule has 4 rings (SSSR count). The summed E-state index contributed by atoms with van der Waals surface area (Å²) in [5.74, 6) is -2.26. The van der Waals surface area contributed by atoms with E-state index in [2.05, 4.69) is 10.3 Å². The topological polar surface area (TPSA) is 89.3 Å². The van der Waals surface area contributed by atoms with Crippen molar-refractivity contribution in [3.05, 3.63) is 40.8 Å². The van der Waals surface area contributed by atoms with E-state index >= 15 is 0 Å². The third-order valence-corrected chi connectivity index (χ3v) is 6.49. The minimum absolute atomic E-state index is 0.116. The maximum atomic E-state index is 14.7. The van der Waals surface area contributed by atoms with Gasteiger partial charge in [-0.05, 0) is 49.7 Å². The van der Waals surface area contributed by atoms with E-state index in [1.165, 1.54) is 30.1 Å². The molecule has 2 aliphatic rings. The number of pyridine rings is 1. The predicted octanol–water partition coefficient (Wildman–Crippen LogP) is 1.12. The number of anilines is 2. The maximum absolute atomic E-state index is 14.7. The van der Waals surface area contributed by atoms with Gasteiger partial charge in [0, 0.05) is 18.3 Å². The van der Waals surface area contributed by atoms with Crippen LogP contribution in [0, 0.1) is 17.1 Å². The summed E-state index contributed by atoms with van der Waals surface area (Å²) in [5, 5.41) is 11.1. The zero-order chi connectivity index (χ0) is 25.9. The molecule has 35 heavy (non-hydrogen) atoms. The molecule has 2 aromatic rings. The summed E-state index contributed by atoms with van der Waals surface area (Å²) in [5.41, 5.74) is -6.18. The standard InChI is InChI=1S/C21H13B2F4N5O2S/c1-29-17(33)10-4-3-9(7-11(10)24)32-19(35)31(18(34)20(32)5-2-6-20)15-14(22)13(21(25,26)27)12(8-28)30-16(15)23/h3-4,7H,2,5-6H2,1H3,(H,29,33). The summed E-state index contributed by atoms with van der Waals surface area (Å²) >= 11 is 5.46. The second-order valence-corrected chi connectivity index (χ2v) is 8.34. The largest absolute Gasteiger partial charge is 0.418 e. The first-order valence-electron chi connectivity index (χ1n) is 10.2. The van der Waals surface area contributed by atoms with E-state index in [9.17, 15) is 27.2 Å². The molecule has 1 aliphatic heterocycles. The van der Waals surface area contributed by atoms with Crippen LogP contribution in [0.15, 0.2) is 18.2 Å². The van der Waals surface area contributed by atoms with Crippen molar-refractivity contribution in [2.45, 2.75) is 31.0 Å². The van der Waals surface area contributed by atoms with Crippen molar-refractivity contribution in [1.29, 1.82) is 5.26 Å². The number of aromatic nitrogens is 1. The summed E-state index contributed by atoms with van der Waals surface area (Å²) in [4.78, 5) is 31.0. The van der Waals surface area contributed by atoms with Gasteiger partial charge in [-0.15, -0.1) is 0 Å². The van der Waals surface area contributed by atoms with Crippen LogP contribution in [0.25, 0.3) is 0 Å². The van der Waals surface area contributed by atoms with E-state index in [1.54, 1.807) is 0 Å². The van der Waals surface area contributed by atoms with Gasteiger partial charge in [0.05, 0.1) is 16.8 Å². The molecule has 1 saturated heterocycles. The number of amides is 2. The molecule has 1 saturated carbocycles. The molecule has 0 bridgehead atoms. The monoisotopic (exact) mass is 497 g/mol. The number of halogens is 4. The van der Waals surface area contributed by atoms with Crippen LogP contribution < -0.4 is 26.2 Å². The number of nitrogens with zero attached hydrogens (tertiary/aromatic N) is 4. The molecule has 4 radical (unpaired) electrons. The van der Waals surface area contributed by atoms with Gasteiger partial charge in [-0.2, -0.15) is 18.4 Å². The number of alkyl halides is 3. The number of hydrogen-bond acceptors (Lipinski definition) is 5. The van der Waals surface area contributed by atoms with Crippen LogP contribution in [0.4, 0.5) is 28.9 Å². The van der Waals surface area contributed by atoms with Gasteiger partial charge in [0.15, 0.2) is 10.8 Å². The van der Waals surface area contributed by atoms with E-state index in [0.29, 0.717) is 6.42 Å². The van der Waals surface area contributed by atoms with Gasteiger partial charge in [0.2, 0.25) is 0 Å². The van der Waals surface area contributed by atoms with Crippen molar-refractivity contribution in [2.24, 2.45) is 0 Å². The molecular formula is C21H13B2F4N5O2S. The summed E-state index contributed by atoms with van der Waals surface area (Å²) < 4.78 is 55.8. The normalized spacial score (nSPS) is 16.9. The second kappa shape index (κ2) is 8.34. The Kier molecular flexibility index (Phi) is 5.87. The summed E-state index contributed by atoms with van der Waals surface area (Å²) in [6.07, 6.45) is -3.92. The fourth-order valence-corrected chi connectivity index (χ4v) is 4.81. The Labute approximate surface area is 204 Å². The zero-order valence-corrected chi connectivity index (χ0v) is 18.9. The zero-order valence-electron chi connectivity index (χ0n) is 18.0. The average molecular weight is 497 g/mol. The van der Waals surface area contributed by atoms with Gasteiger partial charge in [-0.3, -0.25) is 19.5 Å². The molecule has 2 fully saturated rings. The Bertz CT molecular complexity index is 1340. The molecule has 14 heteroatoms. The van der Waals surface area contributed by atoms with Gasteiger partial charge in [0.1, 0.15) is 33.1 Å². The van der Waals surface area contributed by atoms with Crippen LogP contribution in [0.1, 0.15) is 40.9 Å². The summed E-state index contributed by atoms with van der Waals surface area (Å²) in [6.45, 7) is 0. The first-order chi connectivity index (χ1) is 16.4. The molecule has 1 spiro atoms. The third kappa shape index (κ3) is 3.56. The highest BCUT2D eigenvalue weighted by atomic mass is 32.1. The molecule has 0 atom stereocenters. The van der Waals surface area contributed by atoms with Crippen LogP contribution >= 0.6 is 12.2 Å². The SMILES string of the molecule is [B]c1nc(C#N)c(C(F)(F)F)c([B])c1N1C(=O)C2(CCC2)N(c2ccc(C(=O)NC)c(F)c2)C1=S. The number of carbonyl (C=O) groups is 2. The third-order valence-electron chi connectivity index (χ3n) is 6.12. The van der Waals surface area contributed by atoms with Crippen LogP contribution in [0.2, 0.25) is 0 Å². The van der Waals surface area contributed by atoms with Crippen molar-refractivity contribution in [3.63, 3.8) is 0 Å². The van der Waals surface area contributed by atoms with Crippen molar-refractivity contribution < 1.29 is 27.2 Å². The Morgan fingerprint density at radius 2 is 1.97 bits per heavy atom. The quantitative estimate of drug-likeness (QED) is 0.389.